The normalized spacial score (nSPS) is 12.9. The second kappa shape index (κ2) is 5.44. The van der Waals surface area contributed by atoms with E-state index in [-0.39, 0.29) is 23.3 Å². The van der Waals surface area contributed by atoms with Gasteiger partial charge in [0.2, 0.25) is 11.7 Å². The first kappa shape index (κ1) is 13.6. The molecular formula is C13H15F2N3O. The molecule has 0 fully saturated rings. The quantitative estimate of drug-likeness (QED) is 0.924. The van der Waals surface area contributed by atoms with Crippen molar-refractivity contribution in [2.45, 2.75) is 26.3 Å². The zero-order chi connectivity index (χ0) is 14.0. The van der Waals surface area contributed by atoms with Gasteiger partial charge in [-0.25, -0.2) is 8.78 Å². The van der Waals surface area contributed by atoms with Gasteiger partial charge in [-0.3, -0.25) is 0 Å². The van der Waals surface area contributed by atoms with E-state index in [1.807, 2.05) is 13.8 Å². The lowest BCUT2D eigenvalue weighted by Crippen LogP contribution is -2.13. The van der Waals surface area contributed by atoms with Crippen LogP contribution in [0, 0.1) is 17.6 Å². The monoisotopic (exact) mass is 267 g/mol. The minimum Gasteiger partial charge on any atom is -0.337 e. The summed E-state index contributed by atoms with van der Waals surface area (Å²) in [6.07, 6.45) is 0.694. The maximum absolute atomic E-state index is 13.1. The standard InChI is InChI=1S/C13H15F2N3O/c1-7(2)3-11(16)13-17-12(18-19-13)8-4-9(14)6-10(15)5-8/h4-7,11H,3,16H2,1-2H3/t11-/m1/s1. The van der Waals surface area contributed by atoms with Crippen molar-refractivity contribution in [1.29, 1.82) is 0 Å². The lowest BCUT2D eigenvalue weighted by molar-refractivity contribution is 0.335. The molecule has 0 spiro atoms. The van der Waals surface area contributed by atoms with Gasteiger partial charge in [0.1, 0.15) is 11.6 Å². The fraction of sp³-hybridized carbons (Fsp3) is 0.385. The number of aromatic nitrogens is 2. The molecule has 0 radical (unpaired) electrons. The first-order chi connectivity index (χ1) is 8.95. The average Bonchev–Trinajstić information content (AvgIpc) is 2.75. The van der Waals surface area contributed by atoms with E-state index in [9.17, 15) is 8.78 Å². The second-order valence-corrected chi connectivity index (χ2v) is 4.85. The van der Waals surface area contributed by atoms with Crippen molar-refractivity contribution < 1.29 is 13.3 Å². The van der Waals surface area contributed by atoms with Gasteiger partial charge in [0.05, 0.1) is 6.04 Å². The van der Waals surface area contributed by atoms with E-state index in [1.165, 1.54) is 0 Å². The van der Waals surface area contributed by atoms with Gasteiger partial charge in [0.25, 0.3) is 0 Å². The van der Waals surface area contributed by atoms with Crippen molar-refractivity contribution in [3.8, 4) is 11.4 Å². The van der Waals surface area contributed by atoms with Gasteiger partial charge < -0.3 is 10.3 Å². The Kier molecular flexibility index (Phi) is 3.90. The Balaban J connectivity index is 2.25. The van der Waals surface area contributed by atoms with Crippen molar-refractivity contribution in [1.82, 2.24) is 10.1 Å². The average molecular weight is 267 g/mol. The van der Waals surface area contributed by atoms with E-state index in [1.54, 1.807) is 0 Å². The molecule has 4 nitrogen and oxygen atoms in total. The van der Waals surface area contributed by atoms with Gasteiger partial charge in [-0.15, -0.1) is 0 Å². The molecule has 0 aliphatic heterocycles. The molecule has 1 atom stereocenters. The Hall–Kier alpha value is -1.82. The van der Waals surface area contributed by atoms with E-state index in [4.69, 9.17) is 10.3 Å². The van der Waals surface area contributed by atoms with Crippen molar-refractivity contribution in [3.63, 3.8) is 0 Å². The molecule has 2 N–H and O–H groups in total. The first-order valence-electron chi connectivity index (χ1n) is 6.01. The van der Waals surface area contributed by atoms with Gasteiger partial charge in [0.15, 0.2) is 0 Å². The number of nitrogens with two attached hydrogens (primary N) is 1. The molecule has 102 valence electrons. The summed E-state index contributed by atoms with van der Waals surface area (Å²) in [6, 6.07) is 2.70. The Labute approximate surface area is 109 Å². The minimum absolute atomic E-state index is 0.132. The lowest BCUT2D eigenvalue weighted by atomic mass is 10.0. The number of halogens is 2. The summed E-state index contributed by atoms with van der Waals surface area (Å²) in [5, 5.41) is 3.70. The molecule has 0 aliphatic rings. The van der Waals surface area contributed by atoms with Gasteiger partial charge in [-0.1, -0.05) is 19.0 Å². The third kappa shape index (κ3) is 3.35. The van der Waals surface area contributed by atoms with Crippen molar-refractivity contribution in [3.05, 3.63) is 35.7 Å². The predicted octanol–water partition coefficient (Wildman–Crippen LogP) is 3.06. The fourth-order valence-corrected chi connectivity index (χ4v) is 1.79. The van der Waals surface area contributed by atoms with E-state index in [0.29, 0.717) is 12.3 Å². The molecule has 6 heteroatoms. The number of hydrogen-bond acceptors (Lipinski definition) is 4. The highest BCUT2D eigenvalue weighted by Crippen LogP contribution is 2.22. The fourth-order valence-electron chi connectivity index (χ4n) is 1.79. The van der Waals surface area contributed by atoms with Crippen molar-refractivity contribution >= 4 is 0 Å². The van der Waals surface area contributed by atoms with Crippen LogP contribution >= 0.6 is 0 Å². The van der Waals surface area contributed by atoms with Crippen LogP contribution in [0.1, 0.15) is 32.2 Å². The molecule has 1 aromatic carbocycles. The summed E-state index contributed by atoms with van der Waals surface area (Å²) in [7, 11) is 0. The highest BCUT2D eigenvalue weighted by Gasteiger charge is 2.17. The maximum atomic E-state index is 13.1. The lowest BCUT2D eigenvalue weighted by Gasteiger charge is -2.08. The summed E-state index contributed by atoms with van der Waals surface area (Å²) in [4.78, 5) is 4.08. The van der Waals surface area contributed by atoms with Crippen LogP contribution < -0.4 is 5.73 Å². The largest absolute Gasteiger partial charge is 0.337 e. The molecular weight excluding hydrogens is 252 g/mol. The third-order valence-electron chi connectivity index (χ3n) is 2.61. The molecule has 2 rings (SSSR count). The van der Waals surface area contributed by atoms with Gasteiger partial charge >= 0.3 is 0 Å². The van der Waals surface area contributed by atoms with Crippen LogP contribution in [0.25, 0.3) is 11.4 Å². The summed E-state index contributed by atoms with van der Waals surface area (Å²) >= 11 is 0. The van der Waals surface area contributed by atoms with Crippen LogP contribution in [0.15, 0.2) is 22.7 Å². The highest BCUT2D eigenvalue weighted by atomic mass is 19.1. The van der Waals surface area contributed by atoms with Gasteiger partial charge in [-0.2, -0.15) is 4.98 Å². The SMILES string of the molecule is CC(C)C[C@@H](N)c1nc(-c2cc(F)cc(F)c2)no1. The topological polar surface area (TPSA) is 64.9 Å². The molecule has 0 saturated carbocycles. The first-order valence-corrected chi connectivity index (χ1v) is 6.01. The predicted molar refractivity (Wildman–Crippen MR) is 66.0 cm³/mol. The summed E-state index contributed by atoms with van der Waals surface area (Å²) in [5.74, 6) is -0.585. The van der Waals surface area contributed by atoms with Crippen LogP contribution in [0.4, 0.5) is 8.78 Å². The Morgan fingerprint density at radius 3 is 2.42 bits per heavy atom. The number of benzene rings is 1. The summed E-state index contributed by atoms with van der Waals surface area (Å²) in [6.45, 7) is 4.05. The molecule has 0 saturated heterocycles. The van der Waals surface area contributed by atoms with E-state index in [2.05, 4.69) is 10.1 Å². The molecule has 1 heterocycles. The zero-order valence-electron chi connectivity index (χ0n) is 10.7. The van der Waals surface area contributed by atoms with Crippen LogP contribution in [0.2, 0.25) is 0 Å². The van der Waals surface area contributed by atoms with Crippen LogP contribution in [-0.2, 0) is 0 Å². The zero-order valence-corrected chi connectivity index (χ0v) is 10.7. The molecule has 0 unspecified atom stereocenters. The van der Waals surface area contributed by atoms with Crippen LogP contribution in [-0.4, -0.2) is 10.1 Å². The van der Waals surface area contributed by atoms with Crippen molar-refractivity contribution in [2.75, 3.05) is 0 Å². The molecule has 19 heavy (non-hydrogen) atoms. The van der Waals surface area contributed by atoms with E-state index < -0.39 is 11.6 Å². The summed E-state index contributed by atoms with van der Waals surface area (Å²) in [5.41, 5.74) is 6.13. The molecule has 2 aromatic rings. The Morgan fingerprint density at radius 2 is 1.84 bits per heavy atom. The van der Waals surface area contributed by atoms with Crippen molar-refractivity contribution in [2.24, 2.45) is 11.7 Å². The molecule has 1 aromatic heterocycles. The second-order valence-electron chi connectivity index (χ2n) is 4.85. The van der Waals surface area contributed by atoms with Gasteiger partial charge in [0, 0.05) is 11.6 Å². The number of hydrogen-bond donors (Lipinski definition) is 1. The summed E-state index contributed by atoms with van der Waals surface area (Å²) < 4.78 is 31.2. The highest BCUT2D eigenvalue weighted by molar-refractivity contribution is 5.54. The minimum atomic E-state index is -0.687. The van der Waals surface area contributed by atoms with Crippen LogP contribution in [0.5, 0.6) is 0 Å². The number of nitrogens with zero attached hydrogens (tertiary/aromatic N) is 2. The van der Waals surface area contributed by atoms with E-state index >= 15 is 0 Å². The number of rotatable bonds is 4. The third-order valence-corrected chi connectivity index (χ3v) is 2.61. The smallest absolute Gasteiger partial charge is 0.243 e. The molecule has 0 aliphatic carbocycles. The molecule has 0 bridgehead atoms. The molecule has 0 amide bonds. The maximum Gasteiger partial charge on any atom is 0.243 e. The Bertz CT molecular complexity index is 549. The van der Waals surface area contributed by atoms with Gasteiger partial charge in [-0.05, 0) is 24.5 Å². The van der Waals surface area contributed by atoms with E-state index in [0.717, 1.165) is 18.2 Å². The van der Waals surface area contributed by atoms with Crippen LogP contribution in [0.3, 0.4) is 0 Å². The Morgan fingerprint density at radius 1 is 1.21 bits per heavy atom.